The van der Waals surface area contributed by atoms with Gasteiger partial charge in [-0.1, -0.05) is 49.7 Å². The number of fused-ring (bicyclic) bond motifs is 3. The highest BCUT2D eigenvalue weighted by Gasteiger charge is 2.54. The van der Waals surface area contributed by atoms with E-state index in [2.05, 4.69) is 53.3 Å². The molecule has 2 fully saturated rings. The Hall–Kier alpha value is -3.13. The van der Waals surface area contributed by atoms with Gasteiger partial charge >= 0.3 is 5.97 Å². The van der Waals surface area contributed by atoms with Gasteiger partial charge in [0.15, 0.2) is 0 Å². The highest BCUT2D eigenvalue weighted by atomic mass is 35.5. The van der Waals surface area contributed by atoms with Gasteiger partial charge in [0, 0.05) is 47.8 Å². The van der Waals surface area contributed by atoms with E-state index in [1.165, 1.54) is 40.8 Å². The second-order valence-electron chi connectivity index (χ2n) is 15.1. The Kier molecular flexibility index (Phi) is 9.74. The van der Waals surface area contributed by atoms with Crippen LogP contribution in [-0.4, -0.2) is 59.4 Å². The van der Waals surface area contributed by atoms with E-state index in [1.54, 1.807) is 0 Å². The van der Waals surface area contributed by atoms with Gasteiger partial charge in [-0.05, 0) is 122 Å². The summed E-state index contributed by atoms with van der Waals surface area (Å²) >= 11 is 6.29. The lowest BCUT2D eigenvalue weighted by atomic mass is 9.59. The van der Waals surface area contributed by atoms with Crippen LogP contribution in [0.1, 0.15) is 92.7 Å². The van der Waals surface area contributed by atoms with E-state index in [0.717, 1.165) is 76.4 Å². The molecule has 2 aromatic carbocycles. The van der Waals surface area contributed by atoms with Gasteiger partial charge in [-0.3, -0.25) is 9.88 Å². The molecule has 256 valence electrons. The van der Waals surface area contributed by atoms with Crippen molar-refractivity contribution in [2.24, 2.45) is 11.8 Å². The Balaban J connectivity index is 1.13. The predicted molar refractivity (Wildman–Crippen MR) is 190 cm³/mol. The normalized spacial score (nSPS) is 27.6. The maximum atomic E-state index is 13.0. The third-order valence-electron chi connectivity index (χ3n) is 11.9. The average molecular weight is 672 g/mol. The Morgan fingerprint density at radius 2 is 1.96 bits per heavy atom. The van der Waals surface area contributed by atoms with Crippen molar-refractivity contribution in [2.75, 3.05) is 38.2 Å². The number of aliphatic carboxylic acids is 1. The second-order valence-corrected chi connectivity index (χ2v) is 15.5. The molecule has 3 aromatic rings. The van der Waals surface area contributed by atoms with E-state index >= 15 is 0 Å². The third kappa shape index (κ3) is 6.71. The molecule has 1 saturated carbocycles. The maximum absolute atomic E-state index is 13.0. The van der Waals surface area contributed by atoms with Crippen molar-refractivity contribution in [3.63, 3.8) is 0 Å². The first-order chi connectivity index (χ1) is 23.2. The summed E-state index contributed by atoms with van der Waals surface area (Å²) in [5, 5.41) is 14.7. The van der Waals surface area contributed by atoms with Crippen molar-refractivity contribution in [3.8, 4) is 5.75 Å². The van der Waals surface area contributed by atoms with Crippen LogP contribution in [0, 0.1) is 11.8 Å². The number of benzene rings is 2. The molecule has 3 atom stereocenters. The number of morpholine rings is 1. The van der Waals surface area contributed by atoms with Gasteiger partial charge in [0.1, 0.15) is 11.3 Å². The van der Waals surface area contributed by atoms with Gasteiger partial charge in [0.2, 0.25) is 0 Å². The van der Waals surface area contributed by atoms with E-state index in [0.29, 0.717) is 42.2 Å². The lowest BCUT2D eigenvalue weighted by Gasteiger charge is -2.47. The Labute approximate surface area is 290 Å². The summed E-state index contributed by atoms with van der Waals surface area (Å²) in [4.78, 5) is 20.1. The van der Waals surface area contributed by atoms with E-state index in [1.807, 2.05) is 30.5 Å². The molecule has 7 rings (SSSR count). The Morgan fingerprint density at radius 3 is 2.73 bits per heavy atom. The molecule has 2 heterocycles. The van der Waals surface area contributed by atoms with Gasteiger partial charge in [0.05, 0.1) is 19.8 Å². The van der Waals surface area contributed by atoms with Crippen LogP contribution in [0.25, 0.3) is 0 Å². The number of aryl methyl sites for hydroxylation is 1. The molecule has 2 N–H and O–H groups in total. The van der Waals surface area contributed by atoms with Crippen molar-refractivity contribution in [1.82, 2.24) is 9.88 Å². The van der Waals surface area contributed by atoms with Crippen molar-refractivity contribution >= 4 is 23.3 Å². The maximum Gasteiger partial charge on any atom is 0.329 e. The van der Waals surface area contributed by atoms with E-state index in [-0.39, 0.29) is 5.41 Å². The molecule has 8 heteroatoms. The fourth-order valence-corrected chi connectivity index (χ4v) is 9.45. The number of aromatic nitrogens is 1. The standard InChI is InChI=1S/C40H50ClN3O4/c1-27(26-48-36-11-16-42-35-8-3-5-28(2)37(35)36)21-31-23-30-10-9-29(25-44-17-19-47-20-18-44)22-34(30)39(31)12-14-40(15-13-39,38(45)46)43-33-7-4-6-32(41)24-33/h4,6-7,9-11,16,22,24,27-28,31,43H,3,5,8,12-15,17-21,23,25-26H2,1-2H3,(H,45,46)/t27-,28-,31+,39?,40?/m1/s1. The number of pyridine rings is 1. The number of halogens is 1. The summed E-state index contributed by atoms with van der Waals surface area (Å²) in [5.74, 6) is 1.47. The number of hydrogen-bond acceptors (Lipinski definition) is 6. The zero-order chi connectivity index (χ0) is 33.3. The number of hydrogen-bond donors (Lipinski definition) is 2. The third-order valence-corrected chi connectivity index (χ3v) is 12.1. The van der Waals surface area contributed by atoms with Gasteiger partial charge in [-0.2, -0.15) is 0 Å². The van der Waals surface area contributed by atoms with Crippen LogP contribution in [0.5, 0.6) is 5.75 Å². The number of rotatable bonds is 10. The summed E-state index contributed by atoms with van der Waals surface area (Å²) in [6.45, 7) is 9.70. The average Bonchev–Trinajstić information content (AvgIpc) is 3.36. The van der Waals surface area contributed by atoms with Crippen molar-refractivity contribution < 1.29 is 19.4 Å². The van der Waals surface area contributed by atoms with Crippen molar-refractivity contribution in [1.29, 1.82) is 0 Å². The highest BCUT2D eigenvalue weighted by molar-refractivity contribution is 6.30. The zero-order valence-electron chi connectivity index (χ0n) is 28.5. The zero-order valence-corrected chi connectivity index (χ0v) is 29.2. The Morgan fingerprint density at radius 1 is 1.15 bits per heavy atom. The quantitative estimate of drug-likeness (QED) is 0.226. The number of carboxylic acid groups (broad SMARTS) is 1. The van der Waals surface area contributed by atoms with Gasteiger partial charge in [-0.15, -0.1) is 0 Å². The summed E-state index contributed by atoms with van der Waals surface area (Å²) in [5.41, 5.74) is 6.40. The number of anilines is 1. The summed E-state index contributed by atoms with van der Waals surface area (Å²) < 4.78 is 12.2. The van der Waals surface area contributed by atoms with Crippen LogP contribution in [0.4, 0.5) is 5.69 Å². The lowest BCUT2D eigenvalue weighted by molar-refractivity contribution is -0.144. The van der Waals surface area contributed by atoms with Crippen molar-refractivity contribution in [3.05, 3.63) is 87.7 Å². The molecule has 1 spiro atoms. The molecule has 48 heavy (non-hydrogen) atoms. The van der Waals surface area contributed by atoms with Crippen LogP contribution in [0.15, 0.2) is 54.7 Å². The minimum Gasteiger partial charge on any atom is -0.493 e. The topological polar surface area (TPSA) is 83.9 Å². The van der Waals surface area contributed by atoms with E-state index < -0.39 is 11.5 Å². The number of carbonyl (C=O) groups is 1. The van der Waals surface area contributed by atoms with Crippen LogP contribution < -0.4 is 10.1 Å². The summed E-state index contributed by atoms with van der Waals surface area (Å²) in [7, 11) is 0. The fraction of sp³-hybridized carbons (Fsp3) is 0.550. The fourth-order valence-electron chi connectivity index (χ4n) is 9.26. The van der Waals surface area contributed by atoms with Gasteiger partial charge in [-0.25, -0.2) is 4.79 Å². The number of nitrogens with zero attached hydrogens (tertiary/aromatic N) is 2. The highest BCUT2D eigenvalue weighted by Crippen LogP contribution is 2.56. The van der Waals surface area contributed by atoms with Gasteiger partial charge in [0.25, 0.3) is 0 Å². The second kappa shape index (κ2) is 14.0. The molecular weight excluding hydrogens is 622 g/mol. The minimum atomic E-state index is -1.03. The first kappa shape index (κ1) is 33.4. The molecule has 0 amide bonds. The number of ether oxygens (including phenoxy) is 2. The monoisotopic (exact) mass is 671 g/mol. The summed E-state index contributed by atoms with van der Waals surface area (Å²) in [6, 6.07) is 16.6. The van der Waals surface area contributed by atoms with Crippen molar-refractivity contribution in [2.45, 2.75) is 95.1 Å². The molecule has 1 aliphatic heterocycles. The lowest BCUT2D eigenvalue weighted by Crippen LogP contribution is -2.53. The van der Waals surface area contributed by atoms with E-state index in [9.17, 15) is 9.90 Å². The van der Waals surface area contributed by atoms with Crippen LogP contribution in [0.3, 0.4) is 0 Å². The molecule has 3 aliphatic carbocycles. The number of carboxylic acids is 1. The molecule has 1 aromatic heterocycles. The Bertz CT molecular complexity index is 1610. The largest absolute Gasteiger partial charge is 0.493 e. The van der Waals surface area contributed by atoms with Gasteiger partial charge < -0.3 is 19.9 Å². The number of nitrogens with one attached hydrogen (secondary N) is 1. The summed E-state index contributed by atoms with van der Waals surface area (Å²) in [6.07, 6.45) is 10.2. The molecule has 4 aliphatic rings. The van der Waals surface area contributed by atoms with Crippen LogP contribution in [-0.2, 0) is 34.3 Å². The molecule has 1 saturated heterocycles. The smallest absolute Gasteiger partial charge is 0.329 e. The SMILES string of the molecule is C[C@@H](COc1ccnc2c1[C@H](C)CCC2)C[C@H]1Cc2ccc(CN3CCOCC3)cc2C12CCC(Nc1cccc(Cl)c1)(C(=O)O)CC2. The molecule has 0 bridgehead atoms. The minimum absolute atomic E-state index is 0.0656. The molecule has 0 unspecified atom stereocenters. The molecule has 7 nitrogen and oxygen atoms in total. The van der Waals surface area contributed by atoms with Crippen LogP contribution in [0.2, 0.25) is 5.02 Å². The van der Waals surface area contributed by atoms with E-state index in [4.69, 9.17) is 21.1 Å². The molecular formula is C40H50ClN3O4. The molecule has 0 radical (unpaired) electrons. The first-order valence-electron chi connectivity index (χ1n) is 18.0. The predicted octanol–water partition coefficient (Wildman–Crippen LogP) is 8.03. The first-order valence-corrected chi connectivity index (χ1v) is 18.4. The van der Waals surface area contributed by atoms with Crippen LogP contribution >= 0.6 is 11.6 Å².